The molecule has 0 spiro atoms. The van der Waals surface area contributed by atoms with E-state index in [-0.39, 0.29) is 5.78 Å². The maximum absolute atomic E-state index is 11.8. The number of carbonyl (C=O) groups is 1. The zero-order valence-corrected chi connectivity index (χ0v) is 11.4. The molecule has 0 saturated heterocycles. The third-order valence-electron chi connectivity index (χ3n) is 2.55. The van der Waals surface area contributed by atoms with Gasteiger partial charge in [-0.05, 0) is 43.5 Å². The highest BCUT2D eigenvalue weighted by molar-refractivity contribution is 6.33. The van der Waals surface area contributed by atoms with Crippen LogP contribution in [0, 0.1) is 0 Å². The minimum atomic E-state index is -0.484. The number of carbonyl (C=O) groups excluding carboxylic acids is 1. The number of aryl methyl sites for hydroxylation is 1. The topological polar surface area (TPSA) is 26.3 Å². The molecule has 0 bridgehead atoms. The number of ether oxygens (including phenoxy) is 1. The Morgan fingerprint density at radius 2 is 2.12 bits per heavy atom. The first-order chi connectivity index (χ1) is 8.10. The van der Waals surface area contributed by atoms with Gasteiger partial charge in [0.2, 0.25) is 0 Å². The van der Waals surface area contributed by atoms with Gasteiger partial charge in [0.25, 0.3) is 0 Å². The molecule has 1 aromatic rings. The molecule has 0 aliphatic carbocycles. The molecule has 0 radical (unpaired) electrons. The molecule has 0 amide bonds. The molecular weight excluding hydrogens is 236 g/mol. The first-order valence-electron chi connectivity index (χ1n) is 6.04. The van der Waals surface area contributed by atoms with Crippen LogP contribution in [0.5, 0.6) is 5.75 Å². The number of halogens is 1. The predicted molar refractivity (Wildman–Crippen MR) is 71.3 cm³/mol. The standard InChI is InChI=1S/C14H19ClO2/c1-4-8-17-13-7-6-12(9-11(13)5-2)14(16)10(3)15/h6-7,9-10H,4-5,8H2,1-3H3. The van der Waals surface area contributed by atoms with Crippen molar-refractivity contribution in [3.8, 4) is 5.75 Å². The summed E-state index contributed by atoms with van der Waals surface area (Å²) in [6, 6.07) is 5.53. The van der Waals surface area contributed by atoms with Crippen LogP contribution in [0.25, 0.3) is 0 Å². The van der Waals surface area contributed by atoms with Gasteiger partial charge in [-0.15, -0.1) is 11.6 Å². The lowest BCUT2D eigenvalue weighted by Crippen LogP contribution is -2.11. The maximum Gasteiger partial charge on any atom is 0.180 e. The van der Waals surface area contributed by atoms with Crippen molar-refractivity contribution in [2.75, 3.05) is 6.61 Å². The Labute approximate surface area is 108 Å². The minimum Gasteiger partial charge on any atom is -0.493 e. The van der Waals surface area contributed by atoms with Gasteiger partial charge in [-0.1, -0.05) is 13.8 Å². The molecular formula is C14H19ClO2. The molecule has 0 heterocycles. The van der Waals surface area contributed by atoms with E-state index in [0.29, 0.717) is 12.2 Å². The van der Waals surface area contributed by atoms with E-state index in [4.69, 9.17) is 16.3 Å². The molecule has 3 heteroatoms. The largest absolute Gasteiger partial charge is 0.493 e. The van der Waals surface area contributed by atoms with Crippen LogP contribution < -0.4 is 4.74 Å². The van der Waals surface area contributed by atoms with Crippen LogP contribution in [-0.2, 0) is 6.42 Å². The molecule has 1 aromatic carbocycles. The Hall–Kier alpha value is -1.02. The third-order valence-corrected chi connectivity index (χ3v) is 2.75. The average molecular weight is 255 g/mol. The first-order valence-corrected chi connectivity index (χ1v) is 6.47. The van der Waals surface area contributed by atoms with Crippen LogP contribution in [-0.4, -0.2) is 17.8 Å². The van der Waals surface area contributed by atoms with Crippen molar-refractivity contribution < 1.29 is 9.53 Å². The van der Waals surface area contributed by atoms with Gasteiger partial charge in [0, 0.05) is 5.56 Å². The molecule has 0 aliphatic heterocycles. The highest BCUT2D eigenvalue weighted by atomic mass is 35.5. The van der Waals surface area contributed by atoms with Crippen molar-refractivity contribution in [1.82, 2.24) is 0 Å². The molecule has 94 valence electrons. The van der Waals surface area contributed by atoms with E-state index in [1.807, 2.05) is 19.1 Å². The predicted octanol–water partition coefficient (Wildman–Crippen LogP) is 3.85. The fourth-order valence-corrected chi connectivity index (χ4v) is 1.72. The van der Waals surface area contributed by atoms with Gasteiger partial charge in [-0.2, -0.15) is 0 Å². The Morgan fingerprint density at radius 1 is 1.41 bits per heavy atom. The van der Waals surface area contributed by atoms with Gasteiger partial charge >= 0.3 is 0 Å². The summed E-state index contributed by atoms with van der Waals surface area (Å²) in [6.07, 6.45) is 1.82. The second kappa shape index (κ2) is 6.65. The second-order valence-electron chi connectivity index (χ2n) is 4.00. The Morgan fingerprint density at radius 3 is 2.65 bits per heavy atom. The third kappa shape index (κ3) is 3.74. The number of hydrogen-bond donors (Lipinski definition) is 0. The zero-order chi connectivity index (χ0) is 12.8. The number of hydrogen-bond acceptors (Lipinski definition) is 2. The number of alkyl halides is 1. The lowest BCUT2D eigenvalue weighted by atomic mass is 10.0. The SMILES string of the molecule is CCCOc1ccc(C(=O)C(C)Cl)cc1CC. The highest BCUT2D eigenvalue weighted by Crippen LogP contribution is 2.22. The van der Waals surface area contributed by atoms with Gasteiger partial charge in [-0.3, -0.25) is 4.79 Å². The monoisotopic (exact) mass is 254 g/mol. The van der Waals surface area contributed by atoms with E-state index in [9.17, 15) is 4.79 Å². The van der Waals surface area contributed by atoms with Gasteiger partial charge in [0.15, 0.2) is 5.78 Å². The van der Waals surface area contributed by atoms with Crippen molar-refractivity contribution in [3.05, 3.63) is 29.3 Å². The number of ketones is 1. The van der Waals surface area contributed by atoms with Gasteiger partial charge in [0.05, 0.1) is 12.0 Å². The van der Waals surface area contributed by atoms with E-state index in [0.717, 1.165) is 24.2 Å². The number of rotatable bonds is 6. The molecule has 1 atom stereocenters. The number of benzene rings is 1. The molecule has 0 saturated carbocycles. The van der Waals surface area contributed by atoms with Crippen LogP contribution in [0.15, 0.2) is 18.2 Å². The summed E-state index contributed by atoms with van der Waals surface area (Å²) in [5.74, 6) is 0.830. The van der Waals surface area contributed by atoms with E-state index in [2.05, 4.69) is 6.92 Å². The molecule has 0 fully saturated rings. The average Bonchev–Trinajstić information content (AvgIpc) is 2.35. The lowest BCUT2D eigenvalue weighted by Gasteiger charge is -2.11. The Bertz CT molecular complexity index is 386. The Kier molecular flexibility index (Phi) is 5.49. The first kappa shape index (κ1) is 14.0. The summed E-state index contributed by atoms with van der Waals surface area (Å²) in [5, 5.41) is -0.484. The van der Waals surface area contributed by atoms with Crippen molar-refractivity contribution in [3.63, 3.8) is 0 Å². The summed E-state index contributed by atoms with van der Waals surface area (Å²) in [5.41, 5.74) is 1.72. The molecule has 1 unspecified atom stereocenters. The summed E-state index contributed by atoms with van der Waals surface area (Å²) < 4.78 is 5.63. The smallest absolute Gasteiger partial charge is 0.180 e. The summed E-state index contributed by atoms with van der Waals surface area (Å²) in [7, 11) is 0. The van der Waals surface area contributed by atoms with Crippen LogP contribution in [0.4, 0.5) is 0 Å². The number of Topliss-reactive ketones (excluding diaryl/α,β-unsaturated/α-hetero) is 1. The fourth-order valence-electron chi connectivity index (χ4n) is 1.59. The van der Waals surface area contributed by atoms with Crippen molar-refractivity contribution in [2.45, 2.75) is 39.0 Å². The van der Waals surface area contributed by atoms with Crippen molar-refractivity contribution in [2.24, 2.45) is 0 Å². The lowest BCUT2D eigenvalue weighted by molar-refractivity contribution is 0.0991. The molecule has 1 rings (SSSR count). The normalized spacial score (nSPS) is 12.2. The fraction of sp³-hybridized carbons (Fsp3) is 0.500. The van der Waals surface area contributed by atoms with E-state index < -0.39 is 5.38 Å². The van der Waals surface area contributed by atoms with Crippen LogP contribution >= 0.6 is 11.6 Å². The van der Waals surface area contributed by atoms with Crippen LogP contribution in [0.1, 0.15) is 43.1 Å². The summed E-state index contributed by atoms with van der Waals surface area (Å²) >= 11 is 5.80. The molecule has 0 aliphatic rings. The van der Waals surface area contributed by atoms with Gasteiger partial charge in [0.1, 0.15) is 5.75 Å². The van der Waals surface area contributed by atoms with E-state index in [1.165, 1.54) is 0 Å². The molecule has 2 nitrogen and oxygen atoms in total. The minimum absolute atomic E-state index is 0.0385. The Balaban J connectivity index is 2.95. The van der Waals surface area contributed by atoms with Gasteiger partial charge in [-0.25, -0.2) is 0 Å². The zero-order valence-electron chi connectivity index (χ0n) is 10.6. The van der Waals surface area contributed by atoms with Crippen LogP contribution in [0.2, 0.25) is 0 Å². The van der Waals surface area contributed by atoms with Crippen molar-refractivity contribution >= 4 is 17.4 Å². The molecule has 0 aromatic heterocycles. The maximum atomic E-state index is 11.8. The molecule has 17 heavy (non-hydrogen) atoms. The van der Waals surface area contributed by atoms with Crippen LogP contribution in [0.3, 0.4) is 0 Å². The van der Waals surface area contributed by atoms with E-state index in [1.54, 1.807) is 13.0 Å². The summed E-state index contributed by atoms with van der Waals surface area (Å²) in [4.78, 5) is 11.8. The molecule has 0 N–H and O–H groups in total. The quantitative estimate of drug-likeness (QED) is 0.569. The van der Waals surface area contributed by atoms with Crippen molar-refractivity contribution in [1.29, 1.82) is 0 Å². The summed E-state index contributed by atoms with van der Waals surface area (Å²) in [6.45, 7) is 6.51. The second-order valence-corrected chi connectivity index (χ2v) is 4.66. The van der Waals surface area contributed by atoms with E-state index >= 15 is 0 Å². The highest BCUT2D eigenvalue weighted by Gasteiger charge is 2.14. The van der Waals surface area contributed by atoms with Gasteiger partial charge < -0.3 is 4.74 Å².